The molecule has 0 fully saturated rings. The minimum atomic E-state index is -0.198. The van der Waals surface area contributed by atoms with Gasteiger partial charge in [0.05, 0.1) is 0 Å². The lowest BCUT2D eigenvalue weighted by molar-refractivity contribution is 0.102. The molecule has 1 aromatic heterocycles. The number of aryl methyl sites for hydroxylation is 1. The molecule has 0 bridgehead atoms. The number of nitrogens with two attached hydrogens (primary N) is 1. The Balaban J connectivity index is 2.05. The Morgan fingerprint density at radius 2 is 2.11 bits per heavy atom. The molecule has 0 spiro atoms. The van der Waals surface area contributed by atoms with Crippen LogP contribution in [-0.2, 0) is 6.42 Å². The predicted molar refractivity (Wildman–Crippen MR) is 76.0 cm³/mol. The summed E-state index contributed by atoms with van der Waals surface area (Å²) in [7, 11) is 0. The molecule has 0 saturated carbocycles. The highest BCUT2D eigenvalue weighted by Crippen LogP contribution is 2.13. The van der Waals surface area contributed by atoms with Crippen LogP contribution in [0.3, 0.4) is 0 Å². The summed E-state index contributed by atoms with van der Waals surface area (Å²) in [4.78, 5) is 16.0. The minimum absolute atomic E-state index is 0.198. The molecule has 0 radical (unpaired) electrons. The summed E-state index contributed by atoms with van der Waals surface area (Å²) in [5, 5.41) is 2.84. The average molecular weight is 255 g/mol. The number of anilines is 1. The first-order valence-corrected chi connectivity index (χ1v) is 6.31. The first-order chi connectivity index (χ1) is 9.29. The van der Waals surface area contributed by atoms with Crippen LogP contribution >= 0.6 is 0 Å². The van der Waals surface area contributed by atoms with Gasteiger partial charge in [0.2, 0.25) is 0 Å². The van der Waals surface area contributed by atoms with Gasteiger partial charge in [-0.05, 0) is 49.2 Å². The number of carbonyl (C=O) groups excluding carboxylic acids is 1. The van der Waals surface area contributed by atoms with Crippen LogP contribution in [0, 0.1) is 0 Å². The van der Waals surface area contributed by atoms with Gasteiger partial charge >= 0.3 is 0 Å². The Kier molecular flexibility index (Phi) is 4.64. The second-order valence-electron chi connectivity index (χ2n) is 4.26. The molecule has 19 heavy (non-hydrogen) atoms. The molecule has 1 aromatic carbocycles. The summed E-state index contributed by atoms with van der Waals surface area (Å²) in [5.41, 5.74) is 7.86. The lowest BCUT2D eigenvalue weighted by Gasteiger charge is -2.06. The zero-order valence-corrected chi connectivity index (χ0v) is 10.7. The van der Waals surface area contributed by atoms with Crippen LogP contribution in [0.5, 0.6) is 0 Å². The quantitative estimate of drug-likeness (QED) is 0.860. The highest BCUT2D eigenvalue weighted by Gasteiger charge is 2.06. The molecule has 4 nitrogen and oxygen atoms in total. The molecular formula is C15H17N3O. The number of nitrogens with one attached hydrogen (secondary N) is 1. The van der Waals surface area contributed by atoms with E-state index in [1.807, 2.05) is 24.3 Å². The van der Waals surface area contributed by atoms with E-state index in [0.717, 1.165) is 18.5 Å². The SMILES string of the molecule is NCCCc1cccc(NC(=O)c2ccccn2)c1. The molecule has 1 amide bonds. The van der Waals surface area contributed by atoms with Gasteiger partial charge in [-0.15, -0.1) is 0 Å². The summed E-state index contributed by atoms with van der Waals surface area (Å²) in [6.07, 6.45) is 3.47. The fourth-order valence-corrected chi connectivity index (χ4v) is 1.80. The number of benzene rings is 1. The Morgan fingerprint density at radius 3 is 2.84 bits per heavy atom. The van der Waals surface area contributed by atoms with Crippen molar-refractivity contribution < 1.29 is 4.79 Å². The second-order valence-corrected chi connectivity index (χ2v) is 4.26. The van der Waals surface area contributed by atoms with Gasteiger partial charge in [-0.3, -0.25) is 9.78 Å². The summed E-state index contributed by atoms with van der Waals surface area (Å²) in [5.74, 6) is -0.198. The summed E-state index contributed by atoms with van der Waals surface area (Å²) >= 11 is 0. The van der Waals surface area contributed by atoms with E-state index < -0.39 is 0 Å². The Labute approximate surface area is 112 Å². The van der Waals surface area contributed by atoms with Gasteiger partial charge in [-0.25, -0.2) is 0 Å². The third-order valence-electron chi connectivity index (χ3n) is 2.75. The molecule has 3 N–H and O–H groups in total. The first kappa shape index (κ1) is 13.2. The zero-order chi connectivity index (χ0) is 13.5. The van der Waals surface area contributed by atoms with Crippen molar-refractivity contribution in [2.45, 2.75) is 12.8 Å². The van der Waals surface area contributed by atoms with E-state index in [1.54, 1.807) is 24.4 Å². The standard InChI is InChI=1S/C15H17N3O/c16-9-4-6-12-5-3-7-13(11-12)18-15(19)14-8-1-2-10-17-14/h1-3,5,7-8,10-11H,4,6,9,16H2,(H,18,19). The van der Waals surface area contributed by atoms with Gasteiger partial charge < -0.3 is 11.1 Å². The number of rotatable bonds is 5. The predicted octanol–water partition coefficient (Wildman–Crippen LogP) is 2.23. The van der Waals surface area contributed by atoms with E-state index >= 15 is 0 Å². The van der Waals surface area contributed by atoms with Gasteiger partial charge in [-0.1, -0.05) is 18.2 Å². The average Bonchev–Trinajstić information content (AvgIpc) is 2.46. The molecule has 0 aliphatic rings. The van der Waals surface area contributed by atoms with E-state index in [-0.39, 0.29) is 5.91 Å². The number of nitrogens with zero attached hydrogens (tertiary/aromatic N) is 1. The molecule has 0 aliphatic carbocycles. The van der Waals surface area contributed by atoms with E-state index in [2.05, 4.69) is 10.3 Å². The van der Waals surface area contributed by atoms with E-state index in [0.29, 0.717) is 12.2 Å². The van der Waals surface area contributed by atoms with Crippen LogP contribution in [0.15, 0.2) is 48.7 Å². The maximum atomic E-state index is 11.9. The molecule has 2 rings (SSSR count). The van der Waals surface area contributed by atoms with Gasteiger partial charge in [0, 0.05) is 11.9 Å². The van der Waals surface area contributed by atoms with Crippen molar-refractivity contribution in [2.24, 2.45) is 5.73 Å². The van der Waals surface area contributed by atoms with Crippen molar-refractivity contribution in [1.82, 2.24) is 4.98 Å². The molecule has 1 heterocycles. The number of aromatic nitrogens is 1. The van der Waals surface area contributed by atoms with Crippen molar-refractivity contribution >= 4 is 11.6 Å². The summed E-state index contributed by atoms with van der Waals surface area (Å²) in [6.45, 7) is 0.671. The molecule has 0 atom stereocenters. The normalized spacial score (nSPS) is 10.2. The third-order valence-corrected chi connectivity index (χ3v) is 2.75. The number of hydrogen-bond acceptors (Lipinski definition) is 3. The highest BCUT2D eigenvalue weighted by atomic mass is 16.1. The summed E-state index contributed by atoms with van der Waals surface area (Å²) < 4.78 is 0. The fraction of sp³-hybridized carbons (Fsp3) is 0.200. The van der Waals surface area contributed by atoms with Gasteiger partial charge in [0.15, 0.2) is 0 Å². The van der Waals surface area contributed by atoms with E-state index in [4.69, 9.17) is 5.73 Å². The lowest BCUT2D eigenvalue weighted by atomic mass is 10.1. The van der Waals surface area contributed by atoms with Crippen LogP contribution in [0.2, 0.25) is 0 Å². The van der Waals surface area contributed by atoms with Crippen molar-refractivity contribution in [1.29, 1.82) is 0 Å². The van der Waals surface area contributed by atoms with Crippen LogP contribution in [0.1, 0.15) is 22.5 Å². The molecule has 4 heteroatoms. The van der Waals surface area contributed by atoms with Crippen molar-refractivity contribution in [3.05, 3.63) is 59.9 Å². The second kappa shape index (κ2) is 6.66. The largest absolute Gasteiger partial charge is 0.330 e. The molecule has 98 valence electrons. The molecule has 2 aromatic rings. The zero-order valence-electron chi connectivity index (χ0n) is 10.7. The van der Waals surface area contributed by atoms with Gasteiger partial charge in [0.1, 0.15) is 5.69 Å². The van der Waals surface area contributed by atoms with Crippen LogP contribution in [-0.4, -0.2) is 17.4 Å². The summed E-state index contributed by atoms with van der Waals surface area (Å²) in [6, 6.07) is 13.1. The number of pyridine rings is 1. The molecular weight excluding hydrogens is 238 g/mol. The van der Waals surface area contributed by atoms with Crippen LogP contribution < -0.4 is 11.1 Å². The van der Waals surface area contributed by atoms with E-state index in [1.165, 1.54) is 5.56 Å². The topological polar surface area (TPSA) is 68.0 Å². The first-order valence-electron chi connectivity index (χ1n) is 6.31. The number of hydrogen-bond donors (Lipinski definition) is 2. The maximum Gasteiger partial charge on any atom is 0.274 e. The monoisotopic (exact) mass is 255 g/mol. The number of carbonyl (C=O) groups is 1. The minimum Gasteiger partial charge on any atom is -0.330 e. The van der Waals surface area contributed by atoms with Gasteiger partial charge in [-0.2, -0.15) is 0 Å². The van der Waals surface area contributed by atoms with Crippen molar-refractivity contribution in [3.63, 3.8) is 0 Å². The Morgan fingerprint density at radius 1 is 1.21 bits per heavy atom. The Hall–Kier alpha value is -2.20. The highest BCUT2D eigenvalue weighted by molar-refractivity contribution is 6.02. The number of amides is 1. The van der Waals surface area contributed by atoms with Crippen molar-refractivity contribution in [2.75, 3.05) is 11.9 Å². The molecule has 0 saturated heterocycles. The fourth-order valence-electron chi connectivity index (χ4n) is 1.80. The third kappa shape index (κ3) is 3.89. The van der Waals surface area contributed by atoms with Crippen LogP contribution in [0.4, 0.5) is 5.69 Å². The van der Waals surface area contributed by atoms with Crippen molar-refractivity contribution in [3.8, 4) is 0 Å². The Bertz CT molecular complexity index is 540. The van der Waals surface area contributed by atoms with E-state index in [9.17, 15) is 4.79 Å². The molecule has 0 aliphatic heterocycles. The lowest BCUT2D eigenvalue weighted by Crippen LogP contribution is -2.13. The maximum absolute atomic E-state index is 11.9. The molecule has 0 unspecified atom stereocenters. The van der Waals surface area contributed by atoms with Crippen LogP contribution in [0.25, 0.3) is 0 Å². The van der Waals surface area contributed by atoms with Gasteiger partial charge in [0.25, 0.3) is 5.91 Å². The smallest absolute Gasteiger partial charge is 0.274 e.